The Morgan fingerprint density at radius 1 is 0.933 bits per heavy atom. The lowest BCUT2D eigenvalue weighted by atomic mass is 10.3. The second-order valence-electron chi connectivity index (χ2n) is 6.45. The predicted octanol–water partition coefficient (Wildman–Crippen LogP) is 5.65. The van der Waals surface area contributed by atoms with Crippen LogP contribution in [0, 0.1) is 0 Å². The van der Waals surface area contributed by atoms with Gasteiger partial charge in [-0.3, -0.25) is 9.52 Å². The van der Waals surface area contributed by atoms with E-state index in [2.05, 4.69) is 10.0 Å². The number of hydrogen-bond acceptors (Lipinski definition) is 4. The van der Waals surface area contributed by atoms with E-state index < -0.39 is 10.0 Å². The van der Waals surface area contributed by atoms with Crippen molar-refractivity contribution in [3.8, 4) is 0 Å². The quantitative estimate of drug-likeness (QED) is 0.426. The Morgan fingerprint density at radius 2 is 1.57 bits per heavy atom. The third-order valence-electron chi connectivity index (χ3n) is 4.21. The van der Waals surface area contributed by atoms with E-state index in [-0.39, 0.29) is 16.1 Å². The number of carbonyl (C=O) groups excluding carboxylic acids is 1. The molecule has 30 heavy (non-hydrogen) atoms. The van der Waals surface area contributed by atoms with Crippen molar-refractivity contribution in [2.24, 2.45) is 0 Å². The molecule has 0 bridgehead atoms. The summed E-state index contributed by atoms with van der Waals surface area (Å²) < 4.78 is 27.5. The number of hydrogen-bond donors (Lipinski definition) is 2. The van der Waals surface area contributed by atoms with Gasteiger partial charge in [-0.15, -0.1) is 11.8 Å². The molecule has 0 aliphatic heterocycles. The summed E-state index contributed by atoms with van der Waals surface area (Å²) in [5.41, 5.74) is 1.02. The lowest BCUT2D eigenvalue weighted by Gasteiger charge is -2.15. The molecule has 2 N–H and O–H groups in total. The highest BCUT2D eigenvalue weighted by molar-refractivity contribution is 8.00. The van der Waals surface area contributed by atoms with E-state index in [9.17, 15) is 13.2 Å². The average Bonchev–Trinajstić information content (AvgIpc) is 2.74. The van der Waals surface area contributed by atoms with Gasteiger partial charge in [0.2, 0.25) is 5.91 Å². The zero-order chi connectivity index (χ0) is 21.6. The van der Waals surface area contributed by atoms with Crippen LogP contribution in [0.15, 0.2) is 88.7 Å². The molecule has 0 aliphatic carbocycles. The van der Waals surface area contributed by atoms with E-state index in [4.69, 9.17) is 11.6 Å². The third-order valence-corrected chi connectivity index (χ3v) is 7.24. The van der Waals surface area contributed by atoms with Crippen LogP contribution in [-0.4, -0.2) is 19.6 Å². The van der Waals surface area contributed by atoms with Crippen LogP contribution in [0.2, 0.25) is 5.02 Å². The topological polar surface area (TPSA) is 75.3 Å². The molecule has 3 aromatic rings. The first-order valence-corrected chi connectivity index (χ1v) is 12.0. The van der Waals surface area contributed by atoms with Crippen LogP contribution in [0.4, 0.5) is 11.4 Å². The van der Waals surface area contributed by atoms with Gasteiger partial charge in [0.25, 0.3) is 10.0 Å². The number of benzene rings is 3. The smallest absolute Gasteiger partial charge is 0.261 e. The number of nitrogens with one attached hydrogen (secondary N) is 2. The summed E-state index contributed by atoms with van der Waals surface area (Å²) in [5.74, 6) is -0.143. The molecular weight excluding hydrogens is 440 g/mol. The second kappa shape index (κ2) is 10.0. The Morgan fingerprint density at radius 3 is 2.17 bits per heavy atom. The molecular formula is C22H21ClN2O3S2. The number of sulfonamides is 1. The maximum Gasteiger partial charge on any atom is 0.261 e. The molecule has 0 spiro atoms. The normalized spacial score (nSPS) is 12.2. The van der Waals surface area contributed by atoms with Gasteiger partial charge in [-0.1, -0.05) is 36.7 Å². The van der Waals surface area contributed by atoms with Gasteiger partial charge in [0, 0.05) is 21.3 Å². The predicted molar refractivity (Wildman–Crippen MR) is 124 cm³/mol. The fourth-order valence-electron chi connectivity index (χ4n) is 2.66. The molecule has 156 valence electrons. The Kier molecular flexibility index (Phi) is 7.42. The molecule has 0 heterocycles. The molecule has 0 aliphatic rings. The van der Waals surface area contributed by atoms with E-state index in [0.717, 1.165) is 4.90 Å². The van der Waals surface area contributed by atoms with Crippen molar-refractivity contribution >= 4 is 50.7 Å². The van der Waals surface area contributed by atoms with Gasteiger partial charge in [0.1, 0.15) is 0 Å². The summed E-state index contributed by atoms with van der Waals surface area (Å²) in [6.45, 7) is 1.94. The molecule has 1 amide bonds. The molecule has 1 atom stereocenters. The van der Waals surface area contributed by atoms with Crippen molar-refractivity contribution in [2.45, 2.75) is 28.4 Å². The van der Waals surface area contributed by atoms with Crippen LogP contribution < -0.4 is 10.0 Å². The molecule has 3 aromatic carbocycles. The third kappa shape index (κ3) is 6.01. The maximum absolute atomic E-state index is 12.6. The molecule has 3 rings (SSSR count). The van der Waals surface area contributed by atoms with Crippen LogP contribution in [0.3, 0.4) is 0 Å². The zero-order valence-corrected chi connectivity index (χ0v) is 18.6. The van der Waals surface area contributed by atoms with Crippen molar-refractivity contribution < 1.29 is 13.2 Å². The zero-order valence-electron chi connectivity index (χ0n) is 16.2. The van der Waals surface area contributed by atoms with Gasteiger partial charge in [0.15, 0.2) is 0 Å². The molecule has 8 heteroatoms. The van der Waals surface area contributed by atoms with Crippen LogP contribution in [0.25, 0.3) is 0 Å². The maximum atomic E-state index is 12.6. The summed E-state index contributed by atoms with van der Waals surface area (Å²) >= 11 is 7.36. The number of rotatable bonds is 8. The molecule has 0 aromatic heterocycles. The second-order valence-corrected chi connectivity index (χ2v) is 9.85. The van der Waals surface area contributed by atoms with Gasteiger partial charge in [-0.2, -0.15) is 0 Å². The molecule has 5 nitrogen and oxygen atoms in total. The van der Waals surface area contributed by atoms with Gasteiger partial charge >= 0.3 is 0 Å². The SMILES string of the molecule is CC[C@@H](Sc1ccc(Cl)cc1)C(=O)Nc1ccc(S(=O)(=O)Nc2ccccc2)cc1. The fraction of sp³-hybridized carbons (Fsp3) is 0.136. The minimum absolute atomic E-state index is 0.118. The monoisotopic (exact) mass is 460 g/mol. The van der Waals surface area contributed by atoms with Crippen molar-refractivity contribution in [1.82, 2.24) is 0 Å². The molecule has 0 saturated carbocycles. The van der Waals surface area contributed by atoms with Crippen molar-refractivity contribution in [3.63, 3.8) is 0 Å². The molecule has 0 saturated heterocycles. The summed E-state index contributed by atoms with van der Waals surface area (Å²) in [4.78, 5) is 13.7. The van der Waals surface area contributed by atoms with Gasteiger partial charge in [-0.25, -0.2) is 8.42 Å². The highest BCUT2D eigenvalue weighted by Gasteiger charge is 2.19. The van der Waals surface area contributed by atoms with Gasteiger partial charge < -0.3 is 5.32 Å². The number of thioether (sulfide) groups is 1. The lowest BCUT2D eigenvalue weighted by molar-refractivity contribution is -0.115. The Hall–Kier alpha value is -2.48. The standard InChI is InChI=1S/C22H21ClN2O3S2/c1-2-21(29-19-12-8-16(23)9-13-19)22(26)24-17-10-14-20(15-11-17)30(27,28)25-18-6-4-3-5-7-18/h3-15,21,25H,2H2,1H3,(H,24,26)/t21-/m1/s1. The van der Waals surface area contributed by atoms with Crippen molar-refractivity contribution in [3.05, 3.63) is 83.9 Å². The first kappa shape index (κ1) is 22.2. The van der Waals surface area contributed by atoms with Crippen LogP contribution in [0.5, 0.6) is 0 Å². The number of amides is 1. The number of halogens is 1. The van der Waals surface area contributed by atoms with E-state index in [0.29, 0.717) is 22.8 Å². The summed E-state index contributed by atoms with van der Waals surface area (Å²) in [6, 6.07) is 22.1. The van der Waals surface area contributed by atoms with E-state index in [1.54, 1.807) is 48.5 Å². The largest absolute Gasteiger partial charge is 0.325 e. The minimum Gasteiger partial charge on any atom is -0.325 e. The van der Waals surface area contributed by atoms with Crippen LogP contribution in [0.1, 0.15) is 13.3 Å². The summed E-state index contributed by atoms with van der Waals surface area (Å²) in [6.07, 6.45) is 0.645. The highest BCUT2D eigenvalue weighted by atomic mass is 35.5. The van der Waals surface area contributed by atoms with Crippen molar-refractivity contribution in [1.29, 1.82) is 0 Å². The van der Waals surface area contributed by atoms with Gasteiger partial charge in [-0.05, 0) is 67.1 Å². The van der Waals surface area contributed by atoms with Crippen LogP contribution in [-0.2, 0) is 14.8 Å². The molecule has 0 unspecified atom stereocenters. The molecule has 0 fully saturated rings. The van der Waals surface area contributed by atoms with E-state index in [1.807, 2.05) is 25.1 Å². The molecule has 0 radical (unpaired) electrons. The Labute approximate surface area is 185 Å². The van der Waals surface area contributed by atoms with Crippen LogP contribution >= 0.6 is 23.4 Å². The lowest BCUT2D eigenvalue weighted by Crippen LogP contribution is -2.24. The minimum atomic E-state index is -3.70. The highest BCUT2D eigenvalue weighted by Crippen LogP contribution is 2.28. The average molecular weight is 461 g/mol. The summed E-state index contributed by atoms with van der Waals surface area (Å²) in [7, 11) is -3.70. The first-order valence-electron chi connectivity index (χ1n) is 9.28. The number of para-hydroxylation sites is 1. The van der Waals surface area contributed by atoms with Crippen molar-refractivity contribution in [2.75, 3.05) is 10.0 Å². The Bertz CT molecular complexity index is 1090. The fourth-order valence-corrected chi connectivity index (χ4v) is 4.80. The number of carbonyl (C=O) groups is 1. The Balaban J connectivity index is 1.65. The number of anilines is 2. The van der Waals surface area contributed by atoms with Gasteiger partial charge in [0.05, 0.1) is 10.1 Å². The summed E-state index contributed by atoms with van der Waals surface area (Å²) in [5, 5.41) is 3.22. The van der Waals surface area contributed by atoms with E-state index in [1.165, 1.54) is 23.9 Å². The first-order chi connectivity index (χ1) is 14.4. The van der Waals surface area contributed by atoms with E-state index >= 15 is 0 Å².